The lowest BCUT2D eigenvalue weighted by Crippen LogP contribution is -2.00. The Hall–Kier alpha value is -1.67. The van der Waals surface area contributed by atoms with Gasteiger partial charge in [-0.3, -0.25) is 0 Å². The zero-order chi connectivity index (χ0) is 13.0. The average Bonchev–Trinajstić information content (AvgIpc) is 2.39. The first kappa shape index (κ1) is 12.8. The van der Waals surface area contributed by atoms with E-state index in [4.69, 9.17) is 0 Å². The van der Waals surface area contributed by atoms with E-state index in [9.17, 15) is 9.50 Å². The molecule has 0 aliphatic carbocycles. The summed E-state index contributed by atoms with van der Waals surface area (Å²) >= 11 is 0. The number of hydrogen-bond acceptors (Lipinski definition) is 1. The van der Waals surface area contributed by atoms with E-state index >= 15 is 0 Å². The predicted molar refractivity (Wildman–Crippen MR) is 70.9 cm³/mol. The largest absolute Gasteiger partial charge is 0.384 e. The zero-order valence-electron chi connectivity index (χ0n) is 10.4. The minimum absolute atomic E-state index is 0.286. The summed E-state index contributed by atoms with van der Waals surface area (Å²) in [6, 6.07) is 13.9. The van der Waals surface area contributed by atoms with E-state index in [2.05, 4.69) is 13.0 Å². The van der Waals surface area contributed by atoms with E-state index in [1.807, 2.05) is 18.2 Å². The van der Waals surface area contributed by atoms with Gasteiger partial charge >= 0.3 is 0 Å². The third-order valence-corrected chi connectivity index (χ3v) is 2.99. The van der Waals surface area contributed by atoms with Crippen molar-refractivity contribution in [3.05, 3.63) is 71.0 Å². The number of benzene rings is 2. The molecule has 1 N–H and O–H groups in total. The lowest BCUT2D eigenvalue weighted by Gasteiger charge is -2.12. The molecule has 0 amide bonds. The third-order valence-electron chi connectivity index (χ3n) is 2.99. The first-order valence-corrected chi connectivity index (χ1v) is 6.23. The van der Waals surface area contributed by atoms with Gasteiger partial charge in [-0.25, -0.2) is 4.39 Å². The molecule has 1 unspecified atom stereocenters. The first-order valence-electron chi connectivity index (χ1n) is 6.23. The van der Waals surface area contributed by atoms with Crippen LogP contribution in [0, 0.1) is 5.82 Å². The normalized spacial score (nSPS) is 12.4. The fourth-order valence-corrected chi connectivity index (χ4v) is 2.04. The Balaban J connectivity index is 2.24. The van der Waals surface area contributed by atoms with Gasteiger partial charge in [0.05, 0.1) is 0 Å². The van der Waals surface area contributed by atoms with Gasteiger partial charge in [0.1, 0.15) is 11.9 Å². The molecule has 1 atom stereocenters. The van der Waals surface area contributed by atoms with Crippen molar-refractivity contribution in [2.45, 2.75) is 25.9 Å². The molecule has 0 spiro atoms. The molecular weight excluding hydrogens is 227 g/mol. The first-order chi connectivity index (χ1) is 8.70. The molecule has 1 nitrogen and oxygen atoms in total. The highest BCUT2D eigenvalue weighted by Crippen LogP contribution is 2.23. The average molecular weight is 244 g/mol. The van der Waals surface area contributed by atoms with Gasteiger partial charge in [0.25, 0.3) is 0 Å². The van der Waals surface area contributed by atoms with Crippen LogP contribution in [0.25, 0.3) is 0 Å². The summed E-state index contributed by atoms with van der Waals surface area (Å²) in [6.07, 6.45) is 1.39. The maximum atomic E-state index is 12.8. The van der Waals surface area contributed by atoms with Crippen molar-refractivity contribution < 1.29 is 9.50 Å². The van der Waals surface area contributed by atoms with Crippen LogP contribution in [0.1, 0.15) is 36.1 Å². The molecule has 2 heteroatoms. The molecule has 18 heavy (non-hydrogen) atoms. The summed E-state index contributed by atoms with van der Waals surface area (Å²) in [7, 11) is 0. The van der Waals surface area contributed by atoms with Gasteiger partial charge in [-0.2, -0.15) is 0 Å². The van der Waals surface area contributed by atoms with Crippen molar-refractivity contribution in [1.82, 2.24) is 0 Å². The second kappa shape index (κ2) is 5.78. The van der Waals surface area contributed by atoms with Gasteiger partial charge in [-0.1, -0.05) is 49.7 Å². The van der Waals surface area contributed by atoms with Crippen LogP contribution in [0.5, 0.6) is 0 Å². The van der Waals surface area contributed by atoms with Gasteiger partial charge < -0.3 is 5.11 Å². The third kappa shape index (κ3) is 2.96. The molecule has 0 aromatic heterocycles. The molecule has 0 heterocycles. The lowest BCUT2D eigenvalue weighted by atomic mass is 9.98. The smallest absolute Gasteiger partial charge is 0.123 e. The molecule has 2 rings (SSSR count). The van der Waals surface area contributed by atoms with E-state index in [1.165, 1.54) is 17.7 Å². The Bertz CT molecular complexity index is 505. The van der Waals surface area contributed by atoms with Crippen molar-refractivity contribution in [3.8, 4) is 0 Å². The minimum atomic E-state index is -0.692. The Morgan fingerprint density at radius 2 is 1.78 bits per heavy atom. The molecular formula is C16H17FO. The van der Waals surface area contributed by atoms with Gasteiger partial charge in [0.2, 0.25) is 0 Å². The summed E-state index contributed by atoms with van der Waals surface area (Å²) in [5.41, 5.74) is 2.79. The molecule has 0 radical (unpaired) electrons. The Morgan fingerprint density at radius 1 is 1.06 bits per heavy atom. The standard InChI is InChI=1S/C16H17FO/c1-2-4-12-5-3-6-14(11-12)16(18)13-7-9-15(17)10-8-13/h3,5-11,16,18H,2,4H2,1H3. The van der Waals surface area contributed by atoms with Gasteiger partial charge in [0, 0.05) is 0 Å². The second-order valence-corrected chi connectivity index (χ2v) is 4.45. The van der Waals surface area contributed by atoms with Crippen LogP contribution in [0.2, 0.25) is 0 Å². The number of halogens is 1. The van der Waals surface area contributed by atoms with Crippen LogP contribution in [-0.4, -0.2) is 5.11 Å². The Kier molecular flexibility index (Phi) is 4.11. The molecule has 0 aliphatic rings. The Labute approximate surface area is 107 Å². The maximum absolute atomic E-state index is 12.8. The van der Waals surface area contributed by atoms with Gasteiger partial charge in [0.15, 0.2) is 0 Å². The molecule has 2 aromatic rings. The van der Waals surface area contributed by atoms with Crippen molar-refractivity contribution in [3.63, 3.8) is 0 Å². The molecule has 0 saturated carbocycles. The predicted octanol–water partition coefficient (Wildman–Crippen LogP) is 3.86. The summed E-state index contributed by atoms with van der Waals surface area (Å²) in [6.45, 7) is 2.13. The number of aliphatic hydroxyl groups excluding tert-OH is 1. The maximum Gasteiger partial charge on any atom is 0.123 e. The number of rotatable bonds is 4. The number of aryl methyl sites for hydroxylation is 1. The van der Waals surface area contributed by atoms with Crippen LogP contribution in [0.3, 0.4) is 0 Å². The summed E-state index contributed by atoms with van der Waals surface area (Å²) < 4.78 is 12.8. The van der Waals surface area contributed by atoms with Crippen LogP contribution >= 0.6 is 0 Å². The second-order valence-electron chi connectivity index (χ2n) is 4.45. The van der Waals surface area contributed by atoms with Crippen molar-refractivity contribution in [2.75, 3.05) is 0 Å². The van der Waals surface area contributed by atoms with E-state index in [-0.39, 0.29) is 5.82 Å². The molecule has 94 valence electrons. The summed E-state index contributed by atoms with van der Waals surface area (Å²) in [5.74, 6) is -0.286. The lowest BCUT2D eigenvalue weighted by molar-refractivity contribution is 0.220. The van der Waals surface area contributed by atoms with Gasteiger partial charge in [-0.15, -0.1) is 0 Å². The fourth-order valence-electron chi connectivity index (χ4n) is 2.04. The molecule has 0 aliphatic heterocycles. The van der Waals surface area contributed by atoms with Crippen molar-refractivity contribution in [1.29, 1.82) is 0 Å². The topological polar surface area (TPSA) is 20.2 Å². The zero-order valence-corrected chi connectivity index (χ0v) is 10.4. The summed E-state index contributed by atoms with van der Waals surface area (Å²) in [5, 5.41) is 10.3. The monoisotopic (exact) mass is 244 g/mol. The van der Waals surface area contributed by atoms with E-state index < -0.39 is 6.10 Å². The van der Waals surface area contributed by atoms with Crippen LogP contribution < -0.4 is 0 Å². The molecule has 0 bridgehead atoms. The van der Waals surface area contributed by atoms with Gasteiger partial charge in [-0.05, 0) is 35.2 Å². The fraction of sp³-hybridized carbons (Fsp3) is 0.250. The SMILES string of the molecule is CCCc1cccc(C(O)c2ccc(F)cc2)c1. The minimum Gasteiger partial charge on any atom is -0.384 e. The van der Waals surface area contributed by atoms with E-state index in [0.29, 0.717) is 5.56 Å². The highest BCUT2D eigenvalue weighted by molar-refractivity contribution is 5.32. The number of hydrogen-bond donors (Lipinski definition) is 1. The van der Waals surface area contributed by atoms with Crippen LogP contribution in [0.15, 0.2) is 48.5 Å². The highest BCUT2D eigenvalue weighted by Gasteiger charge is 2.10. The van der Waals surface area contributed by atoms with E-state index in [0.717, 1.165) is 18.4 Å². The van der Waals surface area contributed by atoms with Crippen LogP contribution in [0.4, 0.5) is 4.39 Å². The molecule has 2 aromatic carbocycles. The molecule has 0 fully saturated rings. The van der Waals surface area contributed by atoms with Crippen LogP contribution in [-0.2, 0) is 6.42 Å². The number of aliphatic hydroxyl groups is 1. The quantitative estimate of drug-likeness (QED) is 0.865. The highest BCUT2D eigenvalue weighted by atomic mass is 19.1. The molecule has 0 saturated heterocycles. The van der Waals surface area contributed by atoms with E-state index in [1.54, 1.807) is 12.1 Å². The van der Waals surface area contributed by atoms with Crippen molar-refractivity contribution >= 4 is 0 Å². The summed E-state index contributed by atoms with van der Waals surface area (Å²) in [4.78, 5) is 0. The Morgan fingerprint density at radius 3 is 2.44 bits per heavy atom. The van der Waals surface area contributed by atoms with Crippen molar-refractivity contribution in [2.24, 2.45) is 0 Å².